The van der Waals surface area contributed by atoms with Gasteiger partial charge in [0.05, 0.1) is 20.3 Å². The van der Waals surface area contributed by atoms with Crippen LogP contribution in [-0.4, -0.2) is 26.2 Å². The van der Waals surface area contributed by atoms with E-state index in [9.17, 15) is 4.79 Å². The Morgan fingerprint density at radius 2 is 1.81 bits per heavy atom. The number of hydrogen-bond acceptors (Lipinski definition) is 4. The molecule has 1 aromatic rings. The number of benzene rings is 1. The minimum atomic E-state index is -0.0922. The zero-order valence-electron chi connectivity index (χ0n) is 13.5. The maximum atomic E-state index is 11.9. The molecule has 5 nitrogen and oxygen atoms in total. The molecule has 118 valence electrons. The molecule has 0 fully saturated rings. The fourth-order valence-electron chi connectivity index (χ4n) is 2.21. The first-order valence-electron chi connectivity index (χ1n) is 7.16. The lowest BCUT2D eigenvalue weighted by Crippen LogP contribution is -2.28. The maximum absolute atomic E-state index is 11.9. The molecular formula is C16H26N2O3. The number of rotatable bonds is 7. The molecule has 2 unspecified atom stereocenters. The summed E-state index contributed by atoms with van der Waals surface area (Å²) in [5, 5.41) is 2.99. The molecule has 5 heteroatoms. The Hall–Kier alpha value is -1.75. The Morgan fingerprint density at radius 1 is 1.24 bits per heavy atom. The molecule has 0 saturated carbocycles. The van der Waals surface area contributed by atoms with Crippen molar-refractivity contribution in [3.63, 3.8) is 0 Å². The summed E-state index contributed by atoms with van der Waals surface area (Å²) in [5.41, 5.74) is 7.73. The fraction of sp³-hybridized carbons (Fsp3) is 0.562. The zero-order chi connectivity index (χ0) is 16.0. The Balaban J connectivity index is 2.82. The normalized spacial score (nSPS) is 13.4. The van der Waals surface area contributed by atoms with Gasteiger partial charge in [0.15, 0.2) is 11.5 Å². The van der Waals surface area contributed by atoms with E-state index in [1.807, 2.05) is 32.9 Å². The lowest BCUT2D eigenvalue weighted by molar-refractivity contribution is -0.121. The molecule has 0 aliphatic heterocycles. The van der Waals surface area contributed by atoms with Crippen LogP contribution in [0.5, 0.6) is 11.5 Å². The van der Waals surface area contributed by atoms with Crippen LogP contribution in [-0.2, 0) is 4.79 Å². The summed E-state index contributed by atoms with van der Waals surface area (Å²) in [7, 11) is 3.21. The molecule has 2 atom stereocenters. The highest BCUT2D eigenvalue weighted by molar-refractivity contribution is 5.76. The van der Waals surface area contributed by atoms with Gasteiger partial charge >= 0.3 is 0 Å². The van der Waals surface area contributed by atoms with E-state index in [0.717, 1.165) is 11.1 Å². The number of ether oxygens (including phenoxy) is 2. The van der Waals surface area contributed by atoms with Crippen molar-refractivity contribution in [2.75, 3.05) is 14.2 Å². The van der Waals surface area contributed by atoms with E-state index in [-0.39, 0.29) is 18.0 Å². The van der Waals surface area contributed by atoms with E-state index in [1.165, 1.54) is 0 Å². The van der Waals surface area contributed by atoms with E-state index < -0.39 is 0 Å². The Kier molecular flexibility index (Phi) is 6.49. The minimum Gasteiger partial charge on any atom is -0.493 e. The molecule has 0 aliphatic rings. The zero-order valence-corrected chi connectivity index (χ0v) is 13.5. The summed E-state index contributed by atoms with van der Waals surface area (Å²) >= 11 is 0. The molecule has 3 N–H and O–H groups in total. The third kappa shape index (κ3) is 4.93. The van der Waals surface area contributed by atoms with Crippen molar-refractivity contribution in [2.24, 2.45) is 5.73 Å². The third-order valence-corrected chi connectivity index (χ3v) is 3.44. The second-order valence-electron chi connectivity index (χ2n) is 5.37. The molecule has 1 rings (SSSR count). The van der Waals surface area contributed by atoms with Gasteiger partial charge in [0.2, 0.25) is 5.91 Å². The number of nitrogens with two attached hydrogens (primary N) is 1. The predicted octanol–water partition coefficient (Wildman–Crippen LogP) is 2.32. The van der Waals surface area contributed by atoms with Gasteiger partial charge < -0.3 is 20.5 Å². The monoisotopic (exact) mass is 294 g/mol. The van der Waals surface area contributed by atoms with Gasteiger partial charge in [0.1, 0.15) is 0 Å². The van der Waals surface area contributed by atoms with Crippen LogP contribution in [0.1, 0.15) is 43.9 Å². The van der Waals surface area contributed by atoms with Gasteiger partial charge in [0.25, 0.3) is 0 Å². The van der Waals surface area contributed by atoms with E-state index in [4.69, 9.17) is 15.2 Å². The molecule has 0 saturated heterocycles. The second kappa shape index (κ2) is 7.88. The number of methoxy groups -OCH3 is 2. The first-order valence-corrected chi connectivity index (χ1v) is 7.16. The Labute approximate surface area is 126 Å². The first-order chi connectivity index (χ1) is 9.88. The van der Waals surface area contributed by atoms with Crippen molar-refractivity contribution in [3.05, 3.63) is 23.3 Å². The van der Waals surface area contributed by atoms with Crippen LogP contribution in [0.3, 0.4) is 0 Å². The molecule has 0 radical (unpaired) electrons. The SMILES string of the molecule is COc1cc(C)c(C(C)NC(=O)CCC(C)N)cc1OC. The molecule has 0 aliphatic carbocycles. The van der Waals surface area contributed by atoms with Gasteiger partial charge in [-0.1, -0.05) is 0 Å². The van der Waals surface area contributed by atoms with Gasteiger partial charge in [-0.05, 0) is 50.5 Å². The quantitative estimate of drug-likeness (QED) is 0.809. The summed E-state index contributed by atoms with van der Waals surface area (Å²) in [6.07, 6.45) is 1.12. The van der Waals surface area contributed by atoms with Crippen molar-refractivity contribution in [1.29, 1.82) is 0 Å². The van der Waals surface area contributed by atoms with Crippen LogP contribution in [0.25, 0.3) is 0 Å². The lowest BCUT2D eigenvalue weighted by atomic mass is 10.0. The van der Waals surface area contributed by atoms with E-state index in [1.54, 1.807) is 14.2 Å². The van der Waals surface area contributed by atoms with Gasteiger partial charge in [-0.15, -0.1) is 0 Å². The van der Waals surface area contributed by atoms with Crippen molar-refractivity contribution in [1.82, 2.24) is 5.32 Å². The Morgan fingerprint density at radius 3 is 2.33 bits per heavy atom. The average molecular weight is 294 g/mol. The lowest BCUT2D eigenvalue weighted by Gasteiger charge is -2.19. The third-order valence-electron chi connectivity index (χ3n) is 3.44. The van der Waals surface area contributed by atoms with Gasteiger partial charge in [-0.3, -0.25) is 4.79 Å². The van der Waals surface area contributed by atoms with Crippen molar-refractivity contribution >= 4 is 5.91 Å². The highest BCUT2D eigenvalue weighted by atomic mass is 16.5. The van der Waals surface area contributed by atoms with Gasteiger partial charge in [-0.25, -0.2) is 0 Å². The maximum Gasteiger partial charge on any atom is 0.220 e. The average Bonchev–Trinajstić information content (AvgIpc) is 2.44. The second-order valence-corrected chi connectivity index (χ2v) is 5.37. The molecule has 0 aromatic heterocycles. The number of amides is 1. The predicted molar refractivity (Wildman–Crippen MR) is 83.7 cm³/mol. The van der Waals surface area contributed by atoms with Crippen LogP contribution in [0.4, 0.5) is 0 Å². The molecular weight excluding hydrogens is 268 g/mol. The summed E-state index contributed by atoms with van der Waals surface area (Å²) in [6.45, 7) is 5.84. The highest BCUT2D eigenvalue weighted by Gasteiger charge is 2.15. The number of hydrogen-bond donors (Lipinski definition) is 2. The molecule has 0 spiro atoms. The smallest absolute Gasteiger partial charge is 0.220 e. The highest BCUT2D eigenvalue weighted by Crippen LogP contribution is 2.32. The largest absolute Gasteiger partial charge is 0.493 e. The molecule has 21 heavy (non-hydrogen) atoms. The van der Waals surface area contributed by atoms with Gasteiger partial charge in [0, 0.05) is 12.5 Å². The minimum absolute atomic E-state index is 0.00832. The first kappa shape index (κ1) is 17.3. The summed E-state index contributed by atoms with van der Waals surface area (Å²) in [4.78, 5) is 11.9. The molecule has 1 aromatic carbocycles. The molecule has 0 heterocycles. The van der Waals surface area contributed by atoms with Crippen LogP contribution in [0, 0.1) is 6.92 Å². The standard InChI is InChI=1S/C16H26N2O3/c1-10-8-14(20-4)15(21-5)9-13(10)12(3)18-16(19)7-6-11(2)17/h8-9,11-12H,6-7,17H2,1-5H3,(H,18,19). The fourth-order valence-corrected chi connectivity index (χ4v) is 2.21. The van der Waals surface area contributed by atoms with Crippen molar-refractivity contribution in [2.45, 2.75) is 45.7 Å². The number of carbonyl (C=O) groups is 1. The van der Waals surface area contributed by atoms with Gasteiger partial charge in [-0.2, -0.15) is 0 Å². The topological polar surface area (TPSA) is 73.6 Å². The van der Waals surface area contributed by atoms with E-state index >= 15 is 0 Å². The van der Waals surface area contributed by atoms with E-state index in [2.05, 4.69) is 5.32 Å². The number of aryl methyl sites for hydroxylation is 1. The summed E-state index contributed by atoms with van der Waals surface area (Å²) in [6, 6.07) is 3.77. The van der Waals surface area contributed by atoms with Crippen molar-refractivity contribution < 1.29 is 14.3 Å². The van der Waals surface area contributed by atoms with Crippen LogP contribution >= 0.6 is 0 Å². The number of nitrogens with one attached hydrogen (secondary N) is 1. The molecule has 0 bridgehead atoms. The number of carbonyl (C=O) groups excluding carboxylic acids is 1. The Bertz CT molecular complexity index is 487. The van der Waals surface area contributed by atoms with Crippen LogP contribution < -0.4 is 20.5 Å². The van der Waals surface area contributed by atoms with Crippen molar-refractivity contribution in [3.8, 4) is 11.5 Å². The summed E-state index contributed by atoms with van der Waals surface area (Å²) in [5.74, 6) is 1.36. The van der Waals surface area contributed by atoms with E-state index in [0.29, 0.717) is 24.3 Å². The summed E-state index contributed by atoms with van der Waals surface area (Å²) < 4.78 is 10.6. The van der Waals surface area contributed by atoms with Crippen LogP contribution in [0.15, 0.2) is 12.1 Å². The van der Waals surface area contributed by atoms with Crippen LogP contribution in [0.2, 0.25) is 0 Å². The molecule has 1 amide bonds.